The van der Waals surface area contributed by atoms with Crippen molar-refractivity contribution in [3.63, 3.8) is 0 Å². The quantitative estimate of drug-likeness (QED) is 0.853. The second-order valence-corrected chi connectivity index (χ2v) is 7.80. The third kappa shape index (κ3) is 3.22. The summed E-state index contributed by atoms with van der Waals surface area (Å²) in [6.45, 7) is 12.2. The molecule has 1 fully saturated rings. The zero-order valence-corrected chi connectivity index (χ0v) is 13.5. The lowest BCUT2D eigenvalue weighted by Crippen LogP contribution is -2.53. The Kier molecular flexibility index (Phi) is 4.24. The molecule has 1 aliphatic rings. The van der Waals surface area contributed by atoms with Crippen LogP contribution in [-0.2, 0) is 5.41 Å². The molecule has 0 amide bonds. The first-order valence-corrected chi connectivity index (χ1v) is 7.72. The summed E-state index contributed by atoms with van der Waals surface area (Å²) in [5.74, 6) is 0.602. The predicted molar refractivity (Wildman–Crippen MR) is 83.4 cm³/mol. The molecule has 1 N–H and O–H groups in total. The summed E-state index contributed by atoms with van der Waals surface area (Å²) in [5, 5.41) is 3.56. The van der Waals surface area contributed by atoms with Crippen LogP contribution in [0.2, 0.25) is 0 Å². The van der Waals surface area contributed by atoms with Crippen LogP contribution in [0.4, 0.5) is 4.39 Å². The summed E-state index contributed by atoms with van der Waals surface area (Å²) in [7, 11) is 0. The van der Waals surface area contributed by atoms with Crippen LogP contribution < -0.4 is 5.32 Å². The van der Waals surface area contributed by atoms with Gasteiger partial charge in [-0.1, -0.05) is 46.8 Å². The van der Waals surface area contributed by atoms with Gasteiger partial charge in [0.15, 0.2) is 0 Å². The van der Waals surface area contributed by atoms with Gasteiger partial charge in [-0.25, -0.2) is 4.39 Å². The average molecular weight is 277 g/mol. The molecule has 0 aromatic heterocycles. The summed E-state index contributed by atoms with van der Waals surface area (Å²) in [4.78, 5) is 0. The number of rotatable bonds is 4. The topological polar surface area (TPSA) is 12.0 Å². The fourth-order valence-electron chi connectivity index (χ4n) is 3.20. The van der Waals surface area contributed by atoms with Gasteiger partial charge in [-0.3, -0.25) is 0 Å². The molecule has 0 bridgehead atoms. The second-order valence-electron chi connectivity index (χ2n) is 7.80. The molecule has 1 aliphatic carbocycles. The zero-order chi connectivity index (χ0) is 15.0. The Balaban J connectivity index is 2.19. The van der Waals surface area contributed by atoms with Gasteiger partial charge in [-0.15, -0.1) is 0 Å². The summed E-state index contributed by atoms with van der Waals surface area (Å²) < 4.78 is 13.6. The first kappa shape index (κ1) is 15.5. The molecule has 2 rings (SSSR count). The SMILES string of the molecule is CC(C)NCC1(c2cccc(F)c2)CC(C(C)(C)C)C1. The van der Waals surface area contributed by atoms with Crippen LogP contribution in [0, 0.1) is 17.2 Å². The van der Waals surface area contributed by atoms with Gasteiger partial charge in [0.25, 0.3) is 0 Å². The second kappa shape index (κ2) is 5.48. The van der Waals surface area contributed by atoms with E-state index in [9.17, 15) is 4.39 Å². The highest BCUT2D eigenvalue weighted by Crippen LogP contribution is 2.54. The molecular weight excluding hydrogens is 249 g/mol. The van der Waals surface area contributed by atoms with Crippen molar-refractivity contribution in [2.24, 2.45) is 11.3 Å². The lowest BCUT2D eigenvalue weighted by Gasteiger charge is -2.53. The molecule has 0 saturated heterocycles. The Morgan fingerprint density at radius 2 is 1.95 bits per heavy atom. The molecule has 0 aliphatic heterocycles. The maximum absolute atomic E-state index is 13.6. The number of nitrogens with one attached hydrogen (secondary N) is 1. The van der Waals surface area contributed by atoms with E-state index in [0.29, 0.717) is 11.5 Å². The van der Waals surface area contributed by atoms with Gasteiger partial charge in [0, 0.05) is 18.0 Å². The molecule has 2 heteroatoms. The molecule has 1 aromatic rings. The van der Waals surface area contributed by atoms with Crippen molar-refractivity contribution in [3.8, 4) is 0 Å². The maximum atomic E-state index is 13.6. The summed E-state index contributed by atoms with van der Waals surface area (Å²) in [6, 6.07) is 7.65. The Morgan fingerprint density at radius 1 is 1.30 bits per heavy atom. The minimum atomic E-state index is -0.120. The van der Waals surface area contributed by atoms with Gasteiger partial charge >= 0.3 is 0 Å². The van der Waals surface area contributed by atoms with Crippen molar-refractivity contribution in [1.29, 1.82) is 0 Å². The largest absolute Gasteiger partial charge is 0.314 e. The highest BCUT2D eigenvalue weighted by atomic mass is 19.1. The van der Waals surface area contributed by atoms with Crippen molar-refractivity contribution in [3.05, 3.63) is 35.6 Å². The van der Waals surface area contributed by atoms with E-state index in [4.69, 9.17) is 0 Å². The predicted octanol–water partition coefficient (Wildman–Crippen LogP) is 4.52. The first-order chi connectivity index (χ1) is 9.23. The fraction of sp³-hybridized carbons (Fsp3) is 0.667. The Bertz CT molecular complexity index is 453. The standard InChI is InChI=1S/C18H28FN/c1-13(2)20-12-18(10-15(11-18)17(3,4)5)14-7-6-8-16(19)9-14/h6-9,13,15,20H,10-12H2,1-5H3. The van der Waals surface area contributed by atoms with Gasteiger partial charge in [0.05, 0.1) is 0 Å². The van der Waals surface area contributed by atoms with Crippen molar-refractivity contribution >= 4 is 0 Å². The molecule has 1 saturated carbocycles. The van der Waals surface area contributed by atoms with Gasteiger partial charge in [-0.2, -0.15) is 0 Å². The molecule has 0 unspecified atom stereocenters. The molecule has 0 radical (unpaired) electrons. The summed E-state index contributed by atoms with van der Waals surface area (Å²) in [6.07, 6.45) is 2.30. The monoisotopic (exact) mass is 277 g/mol. The minimum Gasteiger partial charge on any atom is -0.314 e. The van der Waals surface area contributed by atoms with Crippen LogP contribution in [0.15, 0.2) is 24.3 Å². The smallest absolute Gasteiger partial charge is 0.123 e. The van der Waals surface area contributed by atoms with Crippen LogP contribution in [-0.4, -0.2) is 12.6 Å². The molecule has 0 heterocycles. The summed E-state index contributed by atoms with van der Waals surface area (Å²) >= 11 is 0. The first-order valence-electron chi connectivity index (χ1n) is 7.72. The third-order valence-corrected chi connectivity index (χ3v) is 4.78. The highest BCUT2D eigenvalue weighted by Gasteiger charge is 2.49. The van der Waals surface area contributed by atoms with Crippen molar-refractivity contribution in [1.82, 2.24) is 5.32 Å². The van der Waals surface area contributed by atoms with Crippen molar-refractivity contribution < 1.29 is 4.39 Å². The minimum absolute atomic E-state index is 0.115. The van der Waals surface area contributed by atoms with E-state index in [-0.39, 0.29) is 11.2 Å². The van der Waals surface area contributed by atoms with Crippen LogP contribution in [0.3, 0.4) is 0 Å². The maximum Gasteiger partial charge on any atom is 0.123 e. The van der Waals surface area contributed by atoms with Gasteiger partial charge in [-0.05, 0) is 41.9 Å². The number of hydrogen-bond donors (Lipinski definition) is 1. The third-order valence-electron chi connectivity index (χ3n) is 4.78. The normalized spacial score (nSPS) is 26.6. The van der Waals surface area contributed by atoms with Crippen LogP contribution >= 0.6 is 0 Å². The number of hydrogen-bond acceptors (Lipinski definition) is 1. The molecule has 1 aromatic carbocycles. The Hall–Kier alpha value is -0.890. The highest BCUT2D eigenvalue weighted by molar-refractivity contribution is 5.30. The molecular formula is C18H28FN. The van der Waals surface area contributed by atoms with E-state index in [1.165, 1.54) is 6.07 Å². The fourth-order valence-corrected chi connectivity index (χ4v) is 3.20. The van der Waals surface area contributed by atoms with Crippen LogP contribution in [0.5, 0.6) is 0 Å². The average Bonchev–Trinajstić information content (AvgIpc) is 2.25. The lowest BCUT2D eigenvalue weighted by molar-refractivity contribution is 0.0435. The molecule has 0 spiro atoms. The van der Waals surface area contributed by atoms with E-state index in [1.54, 1.807) is 6.07 Å². The Morgan fingerprint density at radius 3 is 2.45 bits per heavy atom. The van der Waals surface area contributed by atoms with E-state index >= 15 is 0 Å². The summed E-state index contributed by atoms with van der Waals surface area (Å²) in [5.41, 5.74) is 1.62. The van der Waals surface area contributed by atoms with E-state index in [1.807, 2.05) is 6.07 Å². The van der Waals surface area contributed by atoms with E-state index < -0.39 is 0 Å². The molecule has 0 atom stereocenters. The molecule has 20 heavy (non-hydrogen) atoms. The van der Waals surface area contributed by atoms with E-state index in [0.717, 1.165) is 30.9 Å². The Labute approximate surface area is 123 Å². The zero-order valence-electron chi connectivity index (χ0n) is 13.5. The van der Waals surface area contributed by atoms with Gasteiger partial charge < -0.3 is 5.32 Å². The number of benzene rings is 1. The van der Waals surface area contributed by atoms with Gasteiger partial charge in [0.1, 0.15) is 5.82 Å². The lowest BCUT2D eigenvalue weighted by atomic mass is 9.52. The van der Waals surface area contributed by atoms with Crippen molar-refractivity contribution in [2.45, 2.75) is 58.9 Å². The van der Waals surface area contributed by atoms with Crippen LogP contribution in [0.25, 0.3) is 0 Å². The van der Waals surface area contributed by atoms with Crippen molar-refractivity contribution in [2.75, 3.05) is 6.54 Å². The molecule has 112 valence electrons. The van der Waals surface area contributed by atoms with E-state index in [2.05, 4.69) is 46.0 Å². The number of halogens is 1. The molecule has 1 nitrogen and oxygen atoms in total. The van der Waals surface area contributed by atoms with Crippen LogP contribution in [0.1, 0.15) is 53.0 Å². The van der Waals surface area contributed by atoms with Gasteiger partial charge in [0.2, 0.25) is 0 Å².